The van der Waals surface area contributed by atoms with Crippen LogP contribution in [0.4, 0.5) is 0 Å². The third-order valence-electron chi connectivity index (χ3n) is 5.86. The zero-order chi connectivity index (χ0) is 15.0. The maximum atomic E-state index is 12.0. The van der Waals surface area contributed by atoms with E-state index in [9.17, 15) is 15.0 Å². The lowest BCUT2D eigenvalue weighted by Gasteiger charge is -2.69. The van der Waals surface area contributed by atoms with Crippen LogP contribution in [-0.4, -0.2) is 33.0 Å². The average molecular weight is 280 g/mol. The first-order chi connectivity index (χ1) is 9.02. The van der Waals surface area contributed by atoms with Crippen molar-refractivity contribution < 1.29 is 19.7 Å². The second-order valence-corrected chi connectivity index (χ2v) is 7.94. The second-order valence-electron chi connectivity index (χ2n) is 7.94. The summed E-state index contributed by atoms with van der Waals surface area (Å²) in [6, 6.07) is 0. The number of carbonyl (C=O) groups excluding carboxylic acids is 1. The van der Waals surface area contributed by atoms with Crippen LogP contribution in [0.3, 0.4) is 0 Å². The van der Waals surface area contributed by atoms with E-state index in [1.807, 2.05) is 0 Å². The Morgan fingerprint density at radius 1 is 1.15 bits per heavy atom. The summed E-state index contributed by atoms with van der Waals surface area (Å²) in [5.74, 6) is -0.297. The van der Waals surface area contributed by atoms with Gasteiger partial charge in [-0.15, -0.1) is 0 Å². The molecule has 3 atom stereocenters. The van der Waals surface area contributed by atoms with E-state index in [0.29, 0.717) is 37.7 Å². The van der Waals surface area contributed by atoms with Crippen LogP contribution < -0.4 is 0 Å². The molecule has 4 fully saturated rings. The SMILES string of the molecule is C=C(C)C(=O)OC12CC3(O)CC(O)(CC(C)(C3)C1C)C2. The first kappa shape index (κ1) is 14.1. The van der Waals surface area contributed by atoms with Crippen LogP contribution in [0, 0.1) is 11.3 Å². The molecule has 112 valence electrons. The highest BCUT2D eigenvalue weighted by Crippen LogP contribution is 2.67. The van der Waals surface area contributed by atoms with Crippen molar-refractivity contribution in [2.45, 2.75) is 69.7 Å². The molecule has 4 aliphatic carbocycles. The van der Waals surface area contributed by atoms with E-state index < -0.39 is 22.8 Å². The normalized spacial score (nSPS) is 53.0. The van der Waals surface area contributed by atoms with Crippen molar-refractivity contribution in [3.8, 4) is 0 Å². The highest BCUT2D eigenvalue weighted by molar-refractivity contribution is 5.87. The maximum absolute atomic E-state index is 12.0. The van der Waals surface area contributed by atoms with Crippen LogP contribution in [-0.2, 0) is 9.53 Å². The fourth-order valence-electron chi connectivity index (χ4n) is 5.41. The molecular formula is C16H24O4. The van der Waals surface area contributed by atoms with Crippen molar-refractivity contribution in [2.24, 2.45) is 11.3 Å². The molecule has 0 saturated heterocycles. The van der Waals surface area contributed by atoms with Gasteiger partial charge in [0.1, 0.15) is 5.60 Å². The molecule has 0 aromatic carbocycles. The monoisotopic (exact) mass is 280 g/mol. The molecule has 4 nitrogen and oxygen atoms in total. The van der Waals surface area contributed by atoms with Gasteiger partial charge in [0.25, 0.3) is 0 Å². The van der Waals surface area contributed by atoms with Gasteiger partial charge in [-0.05, 0) is 25.2 Å². The topological polar surface area (TPSA) is 66.8 Å². The van der Waals surface area contributed by atoms with Gasteiger partial charge in [-0.1, -0.05) is 20.4 Å². The van der Waals surface area contributed by atoms with Gasteiger partial charge in [-0.25, -0.2) is 4.79 Å². The Morgan fingerprint density at radius 3 is 2.10 bits per heavy atom. The summed E-state index contributed by atoms with van der Waals surface area (Å²) >= 11 is 0. The Labute approximate surface area is 119 Å². The van der Waals surface area contributed by atoms with Gasteiger partial charge in [-0.2, -0.15) is 0 Å². The van der Waals surface area contributed by atoms with Crippen LogP contribution in [0.5, 0.6) is 0 Å². The molecule has 4 bridgehead atoms. The zero-order valence-electron chi connectivity index (χ0n) is 12.5. The second kappa shape index (κ2) is 3.66. The minimum atomic E-state index is -0.915. The van der Waals surface area contributed by atoms with Gasteiger partial charge in [0.15, 0.2) is 0 Å². The fourth-order valence-corrected chi connectivity index (χ4v) is 5.41. The van der Waals surface area contributed by atoms with E-state index in [1.165, 1.54) is 0 Å². The summed E-state index contributed by atoms with van der Waals surface area (Å²) in [6.07, 6.45) is 2.61. The largest absolute Gasteiger partial charge is 0.455 e. The lowest BCUT2D eigenvalue weighted by molar-refractivity contribution is -0.304. The number of hydrogen-bond donors (Lipinski definition) is 2. The van der Waals surface area contributed by atoms with Crippen molar-refractivity contribution in [2.75, 3.05) is 0 Å². The van der Waals surface area contributed by atoms with Gasteiger partial charge in [0.05, 0.1) is 11.2 Å². The molecule has 0 amide bonds. The van der Waals surface area contributed by atoms with Gasteiger partial charge < -0.3 is 14.9 Å². The third kappa shape index (κ3) is 1.77. The minimum Gasteiger partial charge on any atom is -0.455 e. The van der Waals surface area contributed by atoms with E-state index in [4.69, 9.17) is 4.74 Å². The third-order valence-corrected chi connectivity index (χ3v) is 5.86. The van der Waals surface area contributed by atoms with Crippen LogP contribution in [0.25, 0.3) is 0 Å². The predicted molar refractivity (Wildman–Crippen MR) is 73.9 cm³/mol. The standard InChI is InChI=1S/C16H24O4/c1-10(2)12(17)20-16-8-14(18)5-13(4,11(16)3)6-15(19,7-14)9-16/h11,18-19H,1,5-9H2,2-4H3. The van der Waals surface area contributed by atoms with Crippen molar-refractivity contribution in [3.05, 3.63) is 12.2 Å². The molecule has 0 spiro atoms. The molecule has 20 heavy (non-hydrogen) atoms. The summed E-state index contributed by atoms with van der Waals surface area (Å²) in [4.78, 5) is 12.0. The molecule has 3 unspecified atom stereocenters. The predicted octanol–water partition coefficient (Wildman–Crippen LogP) is 1.94. The summed E-state index contributed by atoms with van der Waals surface area (Å²) in [5.41, 5.74) is -2.42. The molecule has 0 aromatic heterocycles. The highest BCUT2D eigenvalue weighted by atomic mass is 16.6. The molecule has 4 heteroatoms. The summed E-state index contributed by atoms with van der Waals surface area (Å²) < 4.78 is 5.76. The van der Waals surface area contributed by atoms with Crippen molar-refractivity contribution >= 4 is 5.97 Å². The number of esters is 1. The Hall–Kier alpha value is -0.870. The van der Waals surface area contributed by atoms with Gasteiger partial charge in [-0.3, -0.25) is 0 Å². The van der Waals surface area contributed by atoms with Crippen LogP contribution >= 0.6 is 0 Å². The number of carbonyl (C=O) groups is 1. The molecular weight excluding hydrogens is 256 g/mol. The number of hydrogen-bond acceptors (Lipinski definition) is 4. The average Bonchev–Trinajstić information content (AvgIpc) is 2.21. The van der Waals surface area contributed by atoms with E-state index >= 15 is 0 Å². The van der Waals surface area contributed by atoms with Crippen molar-refractivity contribution in [1.82, 2.24) is 0 Å². The minimum absolute atomic E-state index is 0.124. The van der Waals surface area contributed by atoms with Gasteiger partial charge >= 0.3 is 5.97 Å². The van der Waals surface area contributed by atoms with Gasteiger partial charge in [0.2, 0.25) is 0 Å². The number of aliphatic hydroxyl groups is 2. The van der Waals surface area contributed by atoms with Crippen LogP contribution in [0.2, 0.25) is 0 Å². The number of rotatable bonds is 2. The molecule has 0 aliphatic heterocycles. The van der Waals surface area contributed by atoms with Crippen molar-refractivity contribution in [3.63, 3.8) is 0 Å². The van der Waals surface area contributed by atoms with Crippen LogP contribution in [0.1, 0.15) is 52.9 Å². The Kier molecular flexibility index (Phi) is 2.58. The lowest BCUT2D eigenvalue weighted by Crippen LogP contribution is -2.73. The van der Waals surface area contributed by atoms with Crippen molar-refractivity contribution in [1.29, 1.82) is 0 Å². The summed E-state index contributed by atoms with van der Waals surface area (Å²) in [6.45, 7) is 9.43. The quantitative estimate of drug-likeness (QED) is 0.599. The molecule has 0 radical (unpaired) electrons. The highest BCUT2D eigenvalue weighted by Gasteiger charge is 2.71. The first-order valence-electron chi connectivity index (χ1n) is 7.35. The summed E-state index contributed by atoms with van der Waals surface area (Å²) in [7, 11) is 0. The Balaban J connectivity index is 2.02. The molecule has 0 aromatic rings. The van der Waals surface area contributed by atoms with Gasteiger partial charge in [0, 0.05) is 30.8 Å². The molecule has 4 saturated carbocycles. The Bertz CT molecular complexity index is 477. The van der Waals surface area contributed by atoms with E-state index in [1.54, 1.807) is 6.92 Å². The maximum Gasteiger partial charge on any atom is 0.333 e. The lowest BCUT2D eigenvalue weighted by atomic mass is 9.41. The van der Waals surface area contributed by atoms with E-state index in [0.717, 1.165) is 0 Å². The molecule has 0 heterocycles. The first-order valence-corrected chi connectivity index (χ1v) is 7.35. The fraction of sp³-hybridized carbons (Fsp3) is 0.812. The summed E-state index contributed by atoms with van der Waals surface area (Å²) in [5, 5.41) is 21.6. The van der Waals surface area contributed by atoms with E-state index in [-0.39, 0.29) is 11.3 Å². The van der Waals surface area contributed by atoms with Crippen LogP contribution in [0.15, 0.2) is 12.2 Å². The van der Waals surface area contributed by atoms with E-state index in [2.05, 4.69) is 20.4 Å². The Morgan fingerprint density at radius 2 is 1.65 bits per heavy atom. The smallest absolute Gasteiger partial charge is 0.333 e. The zero-order valence-corrected chi connectivity index (χ0v) is 12.5. The molecule has 2 N–H and O–H groups in total. The molecule has 4 rings (SSSR count). The number of ether oxygens (including phenoxy) is 1. The molecule has 4 aliphatic rings.